The van der Waals surface area contributed by atoms with Crippen molar-refractivity contribution in [1.82, 2.24) is 0 Å². The molecule has 0 bridgehead atoms. The zero-order valence-corrected chi connectivity index (χ0v) is 18.1. The summed E-state index contributed by atoms with van der Waals surface area (Å²) in [7, 11) is 0. The maximum atomic E-state index is 5.90. The molecule has 1 aromatic carbocycles. The number of benzene rings is 1. The highest BCUT2D eigenvalue weighted by molar-refractivity contribution is 5.66. The van der Waals surface area contributed by atoms with Crippen LogP contribution in [-0.2, 0) is 0 Å². The molecule has 1 aliphatic carbocycles. The van der Waals surface area contributed by atoms with E-state index in [2.05, 4.69) is 51.1 Å². The fourth-order valence-corrected chi connectivity index (χ4v) is 4.24. The first kappa shape index (κ1) is 22.1. The minimum absolute atomic E-state index is 0.851. The highest BCUT2D eigenvalue weighted by Gasteiger charge is 2.16. The average Bonchev–Trinajstić information content (AvgIpc) is 2.72. The number of hydrogen-bond acceptors (Lipinski definition) is 1. The molecule has 2 rings (SSSR count). The van der Waals surface area contributed by atoms with Gasteiger partial charge >= 0.3 is 0 Å². The third kappa shape index (κ3) is 8.11. The van der Waals surface area contributed by atoms with Crippen molar-refractivity contribution in [3.05, 3.63) is 35.9 Å². The normalized spacial score (nSPS) is 17.2. The minimum atomic E-state index is 0.851. The molecule has 0 spiro atoms. The van der Waals surface area contributed by atoms with Crippen molar-refractivity contribution in [3.8, 4) is 5.75 Å². The Morgan fingerprint density at radius 2 is 1.70 bits per heavy atom. The van der Waals surface area contributed by atoms with Crippen molar-refractivity contribution in [2.45, 2.75) is 97.8 Å². The van der Waals surface area contributed by atoms with Crippen molar-refractivity contribution in [1.29, 1.82) is 0 Å². The molecule has 1 aliphatic rings. The van der Waals surface area contributed by atoms with Crippen molar-refractivity contribution in [3.63, 3.8) is 0 Å². The molecular weight excluding hydrogens is 328 g/mol. The summed E-state index contributed by atoms with van der Waals surface area (Å²) in [5, 5.41) is 0. The molecule has 0 radical (unpaired) electrons. The molecule has 1 unspecified atom stereocenters. The van der Waals surface area contributed by atoms with E-state index in [4.69, 9.17) is 4.74 Å². The quantitative estimate of drug-likeness (QED) is 0.316. The minimum Gasteiger partial charge on any atom is -0.494 e. The van der Waals surface area contributed by atoms with Gasteiger partial charge in [0.05, 0.1) is 6.61 Å². The van der Waals surface area contributed by atoms with E-state index in [1.165, 1.54) is 82.6 Å². The monoisotopic (exact) mass is 370 g/mol. The predicted molar refractivity (Wildman–Crippen MR) is 119 cm³/mol. The molecule has 1 atom stereocenters. The third-order valence-corrected chi connectivity index (χ3v) is 6.40. The molecule has 27 heavy (non-hydrogen) atoms. The smallest absolute Gasteiger partial charge is 0.119 e. The molecule has 152 valence electrons. The molecule has 1 heteroatoms. The molecule has 1 aromatic rings. The van der Waals surface area contributed by atoms with Crippen LogP contribution in [0, 0.1) is 11.8 Å². The van der Waals surface area contributed by atoms with E-state index < -0.39 is 0 Å². The number of unbranched alkanes of at least 4 members (excludes halogenated alkanes) is 4. The lowest BCUT2D eigenvalue weighted by Crippen LogP contribution is -2.08. The Bertz CT molecular complexity index is 524. The average molecular weight is 371 g/mol. The van der Waals surface area contributed by atoms with Crippen molar-refractivity contribution < 1.29 is 4.74 Å². The second-order valence-corrected chi connectivity index (χ2v) is 8.42. The Morgan fingerprint density at radius 1 is 0.963 bits per heavy atom. The number of ether oxygens (including phenoxy) is 1. The van der Waals surface area contributed by atoms with Gasteiger partial charge < -0.3 is 4.74 Å². The van der Waals surface area contributed by atoms with Crippen LogP contribution in [-0.4, -0.2) is 6.61 Å². The topological polar surface area (TPSA) is 9.23 Å². The summed E-state index contributed by atoms with van der Waals surface area (Å²) in [6.45, 7) is 7.79. The van der Waals surface area contributed by atoms with E-state index in [-0.39, 0.29) is 0 Å². The van der Waals surface area contributed by atoms with Gasteiger partial charge in [-0.15, -0.1) is 0 Å². The summed E-state index contributed by atoms with van der Waals surface area (Å²) in [6, 6.07) is 8.81. The second-order valence-electron chi connectivity index (χ2n) is 8.42. The SMILES string of the molecule is CCCCCCCOc1ccc(C2=CCC(CCC(CC)CC)CC2)cc1. The third-order valence-electron chi connectivity index (χ3n) is 6.40. The van der Waals surface area contributed by atoms with Gasteiger partial charge in [0.2, 0.25) is 0 Å². The van der Waals surface area contributed by atoms with Crippen LogP contribution in [0.5, 0.6) is 5.75 Å². The maximum absolute atomic E-state index is 5.90. The fourth-order valence-electron chi connectivity index (χ4n) is 4.24. The summed E-state index contributed by atoms with van der Waals surface area (Å²) < 4.78 is 5.90. The van der Waals surface area contributed by atoms with Gasteiger partial charge in [-0.2, -0.15) is 0 Å². The number of hydrogen-bond donors (Lipinski definition) is 0. The van der Waals surface area contributed by atoms with Gasteiger partial charge in [-0.1, -0.05) is 83.9 Å². The molecule has 0 heterocycles. The van der Waals surface area contributed by atoms with E-state index in [0.717, 1.165) is 24.2 Å². The molecule has 0 saturated carbocycles. The van der Waals surface area contributed by atoms with Gasteiger partial charge in [-0.05, 0) is 67.2 Å². The van der Waals surface area contributed by atoms with Gasteiger partial charge in [0.25, 0.3) is 0 Å². The standard InChI is InChI=1S/C26H42O/c1-4-7-8-9-10-21-27-26-19-17-25(18-20-26)24-15-13-23(14-16-24)12-11-22(5-2)6-3/h15,17-20,22-23H,4-14,16,21H2,1-3H3. The summed E-state index contributed by atoms with van der Waals surface area (Å²) in [6.07, 6.45) is 18.4. The first-order chi connectivity index (χ1) is 13.3. The summed E-state index contributed by atoms with van der Waals surface area (Å²) in [4.78, 5) is 0. The molecular formula is C26H42O. The molecule has 0 amide bonds. The highest BCUT2D eigenvalue weighted by Crippen LogP contribution is 2.34. The van der Waals surface area contributed by atoms with E-state index in [1.54, 1.807) is 5.57 Å². The lowest BCUT2D eigenvalue weighted by Gasteiger charge is -2.24. The zero-order chi connectivity index (χ0) is 19.3. The molecule has 0 aliphatic heterocycles. The maximum Gasteiger partial charge on any atom is 0.119 e. The van der Waals surface area contributed by atoms with Gasteiger partial charge in [0.15, 0.2) is 0 Å². The van der Waals surface area contributed by atoms with Crippen molar-refractivity contribution in [2.24, 2.45) is 11.8 Å². The first-order valence-electron chi connectivity index (χ1n) is 11.7. The van der Waals surface area contributed by atoms with Crippen LogP contribution in [0.25, 0.3) is 5.57 Å². The Hall–Kier alpha value is -1.24. The van der Waals surface area contributed by atoms with E-state index in [0.29, 0.717) is 0 Å². The fraction of sp³-hybridized carbons (Fsp3) is 0.692. The Morgan fingerprint density at radius 3 is 2.33 bits per heavy atom. The Kier molecular flexibility index (Phi) is 10.6. The molecule has 0 aromatic heterocycles. The molecule has 1 nitrogen and oxygen atoms in total. The first-order valence-corrected chi connectivity index (χ1v) is 11.7. The largest absolute Gasteiger partial charge is 0.494 e. The van der Waals surface area contributed by atoms with E-state index in [1.807, 2.05) is 0 Å². The summed E-state index contributed by atoms with van der Waals surface area (Å²) >= 11 is 0. The zero-order valence-electron chi connectivity index (χ0n) is 18.1. The second kappa shape index (κ2) is 13.0. The van der Waals surface area contributed by atoms with Crippen LogP contribution in [0.15, 0.2) is 30.3 Å². The lowest BCUT2D eigenvalue weighted by atomic mass is 9.82. The molecule has 0 saturated heterocycles. The lowest BCUT2D eigenvalue weighted by molar-refractivity contribution is 0.304. The predicted octanol–water partition coefficient (Wildman–Crippen LogP) is 8.44. The van der Waals surface area contributed by atoms with Crippen LogP contribution >= 0.6 is 0 Å². The van der Waals surface area contributed by atoms with Gasteiger partial charge in [0, 0.05) is 0 Å². The molecule has 0 fully saturated rings. The van der Waals surface area contributed by atoms with Gasteiger partial charge in [-0.25, -0.2) is 0 Å². The van der Waals surface area contributed by atoms with Crippen LogP contribution in [0.2, 0.25) is 0 Å². The highest BCUT2D eigenvalue weighted by atomic mass is 16.5. The summed E-state index contributed by atoms with van der Waals surface area (Å²) in [5.41, 5.74) is 2.93. The van der Waals surface area contributed by atoms with E-state index >= 15 is 0 Å². The summed E-state index contributed by atoms with van der Waals surface area (Å²) in [5.74, 6) is 2.87. The van der Waals surface area contributed by atoms with Crippen LogP contribution < -0.4 is 4.74 Å². The van der Waals surface area contributed by atoms with Crippen LogP contribution in [0.1, 0.15) is 103 Å². The van der Waals surface area contributed by atoms with Gasteiger partial charge in [-0.3, -0.25) is 0 Å². The molecule has 0 N–H and O–H groups in total. The Balaban J connectivity index is 1.72. The van der Waals surface area contributed by atoms with Crippen molar-refractivity contribution in [2.75, 3.05) is 6.61 Å². The van der Waals surface area contributed by atoms with Crippen LogP contribution in [0.3, 0.4) is 0 Å². The number of allylic oxidation sites excluding steroid dienone is 2. The Labute approximate surface area is 168 Å². The van der Waals surface area contributed by atoms with Crippen LogP contribution in [0.4, 0.5) is 0 Å². The van der Waals surface area contributed by atoms with Gasteiger partial charge in [0.1, 0.15) is 5.75 Å². The van der Waals surface area contributed by atoms with E-state index in [9.17, 15) is 0 Å². The van der Waals surface area contributed by atoms with Crippen molar-refractivity contribution >= 4 is 5.57 Å². The number of rotatable bonds is 13.